The predicted octanol–water partition coefficient (Wildman–Crippen LogP) is 7.59. The Balaban J connectivity index is 1.67. The summed E-state index contributed by atoms with van der Waals surface area (Å²) in [6, 6.07) is 15.2. The molecule has 7 heteroatoms. The van der Waals surface area contributed by atoms with Crippen LogP contribution in [0.3, 0.4) is 0 Å². The Morgan fingerprint density at radius 3 is 2.43 bits per heavy atom. The lowest BCUT2D eigenvalue weighted by Crippen LogP contribution is -2.32. The maximum absolute atomic E-state index is 14.3. The van der Waals surface area contributed by atoms with E-state index in [2.05, 4.69) is 20.5 Å². The van der Waals surface area contributed by atoms with E-state index in [0.29, 0.717) is 30.6 Å². The molecule has 0 spiro atoms. The summed E-state index contributed by atoms with van der Waals surface area (Å²) >= 11 is 3.61. The van der Waals surface area contributed by atoms with Gasteiger partial charge in [-0.3, -0.25) is 4.79 Å². The lowest BCUT2D eigenvalue weighted by atomic mass is 9.85. The maximum Gasteiger partial charge on any atom is 0.253 e. The SMILES string of the molecule is CCN(CC)C(=O)c1ccc(-n2c(C)ccc2C2=CC(Br)=CCC2(C)OCc2ccc(F)cc2F)cc1. The molecule has 4 nitrogen and oxygen atoms in total. The highest BCUT2D eigenvalue weighted by atomic mass is 79.9. The summed E-state index contributed by atoms with van der Waals surface area (Å²) in [7, 11) is 0. The molecule has 1 unspecified atom stereocenters. The van der Waals surface area contributed by atoms with Crippen molar-refractivity contribution in [2.45, 2.75) is 46.3 Å². The van der Waals surface area contributed by atoms with Gasteiger partial charge in [-0.25, -0.2) is 8.78 Å². The van der Waals surface area contributed by atoms with E-state index in [0.717, 1.165) is 33.2 Å². The van der Waals surface area contributed by atoms with Gasteiger partial charge in [-0.1, -0.05) is 28.1 Å². The van der Waals surface area contributed by atoms with Gasteiger partial charge in [0.05, 0.1) is 17.9 Å². The molecule has 0 N–H and O–H groups in total. The van der Waals surface area contributed by atoms with Gasteiger partial charge >= 0.3 is 0 Å². The number of halogens is 3. The largest absolute Gasteiger partial charge is 0.365 e. The van der Waals surface area contributed by atoms with E-state index in [4.69, 9.17) is 4.74 Å². The molecule has 0 aliphatic heterocycles. The molecule has 37 heavy (non-hydrogen) atoms. The van der Waals surface area contributed by atoms with E-state index in [1.54, 1.807) is 4.90 Å². The van der Waals surface area contributed by atoms with Crippen LogP contribution in [0.25, 0.3) is 11.3 Å². The quantitative estimate of drug-likeness (QED) is 0.280. The maximum atomic E-state index is 14.3. The number of amides is 1. The molecule has 194 valence electrons. The zero-order chi connectivity index (χ0) is 26.7. The van der Waals surface area contributed by atoms with Crippen molar-refractivity contribution in [3.8, 4) is 5.69 Å². The number of carbonyl (C=O) groups excluding carboxylic acids is 1. The van der Waals surface area contributed by atoms with E-state index in [-0.39, 0.29) is 12.5 Å². The van der Waals surface area contributed by atoms with Crippen molar-refractivity contribution < 1.29 is 18.3 Å². The number of ether oxygens (including phenoxy) is 1. The van der Waals surface area contributed by atoms with Crippen LogP contribution < -0.4 is 0 Å². The molecule has 0 bridgehead atoms. The topological polar surface area (TPSA) is 34.5 Å². The minimum absolute atomic E-state index is 0.00721. The van der Waals surface area contributed by atoms with Crippen molar-refractivity contribution in [3.63, 3.8) is 0 Å². The summed E-state index contributed by atoms with van der Waals surface area (Å²) in [6.07, 6.45) is 4.62. The molecule has 0 fully saturated rings. The van der Waals surface area contributed by atoms with E-state index in [9.17, 15) is 13.6 Å². The smallest absolute Gasteiger partial charge is 0.253 e. The normalized spacial score (nSPS) is 17.4. The lowest BCUT2D eigenvalue weighted by Gasteiger charge is -2.35. The number of aryl methyl sites for hydroxylation is 1. The molecule has 1 aliphatic rings. The Morgan fingerprint density at radius 2 is 1.78 bits per heavy atom. The first kappa shape index (κ1) is 27.0. The summed E-state index contributed by atoms with van der Waals surface area (Å²) in [6.45, 7) is 9.28. The van der Waals surface area contributed by atoms with Crippen LogP contribution in [0.5, 0.6) is 0 Å². The number of hydrogen-bond acceptors (Lipinski definition) is 2. The van der Waals surface area contributed by atoms with Crippen molar-refractivity contribution in [1.82, 2.24) is 9.47 Å². The van der Waals surface area contributed by atoms with Crippen LogP contribution in [0.1, 0.15) is 54.5 Å². The Hall–Kier alpha value is -3.03. The van der Waals surface area contributed by atoms with Gasteiger partial charge in [0.15, 0.2) is 0 Å². The minimum atomic E-state index is -0.751. The Kier molecular flexibility index (Phi) is 8.14. The number of aromatic nitrogens is 1. The van der Waals surface area contributed by atoms with Gasteiger partial charge in [0.25, 0.3) is 5.91 Å². The Labute approximate surface area is 225 Å². The average molecular weight is 569 g/mol. The zero-order valence-electron chi connectivity index (χ0n) is 21.5. The van der Waals surface area contributed by atoms with Crippen molar-refractivity contribution in [2.75, 3.05) is 13.1 Å². The average Bonchev–Trinajstić information content (AvgIpc) is 3.26. The highest BCUT2D eigenvalue weighted by Crippen LogP contribution is 2.41. The van der Waals surface area contributed by atoms with E-state index in [1.165, 1.54) is 12.1 Å². The first-order valence-electron chi connectivity index (χ1n) is 12.4. The summed E-state index contributed by atoms with van der Waals surface area (Å²) < 4.78 is 37.1. The molecular formula is C30H31BrF2N2O2. The molecule has 1 aromatic heterocycles. The number of nitrogens with zero attached hydrogens (tertiary/aromatic N) is 2. The van der Waals surface area contributed by atoms with Gasteiger partial charge < -0.3 is 14.2 Å². The van der Waals surface area contributed by atoms with Gasteiger partial charge in [-0.15, -0.1) is 0 Å². The zero-order valence-corrected chi connectivity index (χ0v) is 23.1. The summed E-state index contributed by atoms with van der Waals surface area (Å²) in [5.41, 5.74) is 4.02. The van der Waals surface area contributed by atoms with Gasteiger partial charge in [0.2, 0.25) is 0 Å². The number of hydrogen-bond donors (Lipinski definition) is 0. The van der Waals surface area contributed by atoms with Crippen LogP contribution >= 0.6 is 15.9 Å². The highest BCUT2D eigenvalue weighted by molar-refractivity contribution is 9.11. The molecule has 4 rings (SSSR count). The second-order valence-electron chi connectivity index (χ2n) is 9.33. The van der Waals surface area contributed by atoms with Gasteiger partial charge in [-0.2, -0.15) is 0 Å². The van der Waals surface area contributed by atoms with Crippen LogP contribution in [0.2, 0.25) is 0 Å². The van der Waals surface area contributed by atoms with E-state index in [1.807, 2.05) is 76.2 Å². The molecule has 2 aromatic carbocycles. The van der Waals surface area contributed by atoms with Crippen LogP contribution in [0.15, 0.2) is 71.2 Å². The van der Waals surface area contributed by atoms with Crippen LogP contribution in [-0.4, -0.2) is 34.1 Å². The standard InChI is InChI=1S/C30H31BrF2N2O2/c1-5-34(6-2)29(36)21-9-12-25(13-10-21)35-20(3)7-14-28(35)26-17-23(31)15-16-30(26,4)37-19-22-8-11-24(32)18-27(22)33/h7-15,17-18H,5-6,16,19H2,1-4H3. The third kappa shape index (κ3) is 5.63. The molecule has 3 aromatic rings. The van der Waals surface area contributed by atoms with E-state index >= 15 is 0 Å². The fourth-order valence-corrected chi connectivity index (χ4v) is 5.04. The second-order valence-corrected chi connectivity index (χ2v) is 10.2. The number of rotatable bonds is 8. The summed E-state index contributed by atoms with van der Waals surface area (Å²) in [5.74, 6) is -1.23. The molecule has 1 atom stereocenters. The first-order chi connectivity index (χ1) is 17.7. The van der Waals surface area contributed by atoms with Gasteiger partial charge in [0, 0.05) is 51.7 Å². The third-order valence-electron chi connectivity index (χ3n) is 6.87. The predicted molar refractivity (Wildman–Crippen MR) is 147 cm³/mol. The van der Waals surface area contributed by atoms with Crippen molar-refractivity contribution in [3.05, 3.63) is 105 Å². The summed E-state index contributed by atoms with van der Waals surface area (Å²) in [4.78, 5) is 14.6. The van der Waals surface area contributed by atoms with Crippen LogP contribution in [-0.2, 0) is 11.3 Å². The Bertz CT molecular complexity index is 1360. The Morgan fingerprint density at radius 1 is 1.08 bits per heavy atom. The monoisotopic (exact) mass is 568 g/mol. The molecule has 1 heterocycles. The molecule has 1 amide bonds. The highest BCUT2D eigenvalue weighted by Gasteiger charge is 2.35. The summed E-state index contributed by atoms with van der Waals surface area (Å²) in [5, 5.41) is 0. The van der Waals surface area contributed by atoms with Gasteiger partial charge in [-0.05, 0) is 82.7 Å². The number of allylic oxidation sites excluding steroid dienone is 2. The van der Waals surface area contributed by atoms with Crippen LogP contribution in [0, 0.1) is 18.6 Å². The van der Waals surface area contributed by atoms with Gasteiger partial charge in [0.1, 0.15) is 11.6 Å². The van der Waals surface area contributed by atoms with Crippen LogP contribution in [0.4, 0.5) is 8.78 Å². The third-order valence-corrected chi connectivity index (χ3v) is 7.43. The fraction of sp³-hybridized carbons (Fsp3) is 0.300. The van der Waals surface area contributed by atoms with Crippen molar-refractivity contribution in [1.29, 1.82) is 0 Å². The minimum Gasteiger partial charge on any atom is -0.365 e. The molecule has 0 saturated carbocycles. The first-order valence-corrected chi connectivity index (χ1v) is 13.2. The molecular weight excluding hydrogens is 538 g/mol. The van der Waals surface area contributed by atoms with Crippen molar-refractivity contribution >= 4 is 27.4 Å². The fourth-order valence-electron chi connectivity index (χ4n) is 4.65. The van der Waals surface area contributed by atoms with Crippen molar-refractivity contribution in [2.24, 2.45) is 0 Å². The molecule has 0 saturated heterocycles. The van der Waals surface area contributed by atoms with E-state index < -0.39 is 17.2 Å². The second kappa shape index (κ2) is 11.2. The lowest BCUT2D eigenvalue weighted by molar-refractivity contribution is 0.00104. The number of carbonyl (C=O) groups is 1. The molecule has 1 aliphatic carbocycles. The number of benzene rings is 2. The molecule has 0 radical (unpaired) electrons.